The van der Waals surface area contributed by atoms with Crippen molar-refractivity contribution >= 4 is 71.5 Å². The number of benzene rings is 1. The van der Waals surface area contributed by atoms with Crippen LogP contribution >= 0.6 is 45.3 Å². The summed E-state index contributed by atoms with van der Waals surface area (Å²) in [6.07, 6.45) is -0.919. The van der Waals surface area contributed by atoms with E-state index in [2.05, 4.69) is 24.3 Å². The molecular weight excluding hydrogens is 457 g/mol. The molecule has 1 aromatic carbocycles. The third kappa shape index (κ3) is 3.30. The van der Waals surface area contributed by atoms with Gasteiger partial charge in [0, 0.05) is 31.8 Å². The largest absolute Gasteiger partial charge is 0.465 e. The summed E-state index contributed by atoms with van der Waals surface area (Å²) in [5.74, 6) is -0.306. The third-order valence-corrected chi connectivity index (χ3v) is 9.26. The van der Waals surface area contributed by atoms with Crippen molar-refractivity contribution in [1.82, 2.24) is 0 Å². The quantitative estimate of drug-likeness (QED) is 0.221. The van der Waals surface area contributed by atoms with E-state index in [0.29, 0.717) is 5.56 Å². The van der Waals surface area contributed by atoms with Crippen LogP contribution in [0.2, 0.25) is 0 Å². The summed E-state index contributed by atoms with van der Waals surface area (Å²) < 4.78 is 12.4. The lowest BCUT2D eigenvalue weighted by molar-refractivity contribution is -0.0762. The van der Waals surface area contributed by atoms with Crippen LogP contribution < -0.4 is 0 Å². The number of thiophene rings is 4. The highest BCUT2D eigenvalue weighted by atomic mass is 32.1. The summed E-state index contributed by atoms with van der Waals surface area (Å²) in [6, 6.07) is 12.4. The van der Waals surface area contributed by atoms with E-state index in [1.165, 1.54) is 29.0 Å². The van der Waals surface area contributed by atoms with Gasteiger partial charge in [-0.2, -0.15) is 0 Å². The molecule has 0 aliphatic heterocycles. The Morgan fingerprint density at radius 1 is 0.900 bits per heavy atom. The monoisotopic (exact) mass is 472 g/mol. The van der Waals surface area contributed by atoms with Crippen LogP contribution in [0.3, 0.4) is 0 Å². The molecule has 4 aromatic heterocycles. The Morgan fingerprint density at radius 2 is 1.50 bits per heavy atom. The van der Waals surface area contributed by atoms with Crippen molar-refractivity contribution in [1.29, 1.82) is 0 Å². The van der Waals surface area contributed by atoms with E-state index in [-0.39, 0.29) is 5.97 Å². The smallest absolute Gasteiger partial charge is 0.339 e. The summed E-state index contributed by atoms with van der Waals surface area (Å²) in [4.78, 5) is 16.2. The fourth-order valence-electron chi connectivity index (χ4n) is 3.41. The van der Waals surface area contributed by atoms with Gasteiger partial charge in [0.05, 0.1) is 22.4 Å². The molecule has 30 heavy (non-hydrogen) atoms. The topological polar surface area (TPSA) is 55.8 Å². The maximum Gasteiger partial charge on any atom is 0.339 e. The molecular formula is C22H16O4S4. The molecule has 0 radical (unpaired) electrons. The minimum absolute atomic E-state index is 0.306. The number of hydrogen-bond donors (Lipinski definition) is 1. The van der Waals surface area contributed by atoms with Crippen molar-refractivity contribution in [3.05, 3.63) is 58.3 Å². The molecule has 0 saturated heterocycles. The number of hydrogen-bond acceptors (Lipinski definition) is 8. The first-order valence-electron chi connectivity index (χ1n) is 9.01. The van der Waals surface area contributed by atoms with Crippen LogP contribution in [0.5, 0.6) is 0 Å². The van der Waals surface area contributed by atoms with Gasteiger partial charge in [0.15, 0.2) is 6.29 Å². The van der Waals surface area contributed by atoms with E-state index in [4.69, 9.17) is 9.47 Å². The second-order valence-corrected chi connectivity index (χ2v) is 10.6. The SMILES string of the molecule is COC(=O)c1ccsc1-c1cc2cc3sc(-c4sccc4C(O)OC)cc3cc2s1. The number of carbonyl (C=O) groups is 1. The van der Waals surface area contributed by atoms with Crippen molar-refractivity contribution in [2.45, 2.75) is 6.29 Å². The molecule has 0 saturated carbocycles. The van der Waals surface area contributed by atoms with Gasteiger partial charge in [-0.3, -0.25) is 0 Å². The van der Waals surface area contributed by atoms with Crippen LogP contribution in [-0.2, 0) is 9.47 Å². The fourth-order valence-corrected chi connectivity index (χ4v) is 7.67. The van der Waals surface area contributed by atoms with Gasteiger partial charge in [-0.05, 0) is 57.9 Å². The summed E-state index contributed by atoms with van der Waals surface area (Å²) in [5, 5.41) is 16.3. The first kappa shape index (κ1) is 19.9. The van der Waals surface area contributed by atoms with Crippen LogP contribution in [0.1, 0.15) is 22.2 Å². The van der Waals surface area contributed by atoms with Gasteiger partial charge in [-0.25, -0.2) is 4.79 Å². The van der Waals surface area contributed by atoms with Crippen LogP contribution in [0.4, 0.5) is 0 Å². The molecule has 0 amide bonds. The van der Waals surface area contributed by atoms with E-state index in [0.717, 1.165) is 30.5 Å². The molecule has 5 aromatic rings. The molecule has 0 aliphatic rings. The molecule has 152 valence electrons. The molecule has 1 atom stereocenters. The number of carbonyl (C=O) groups excluding carboxylic acids is 1. The first-order valence-corrected chi connectivity index (χ1v) is 12.4. The van der Waals surface area contributed by atoms with Gasteiger partial charge in [-0.1, -0.05) is 0 Å². The normalized spacial score (nSPS) is 12.6. The highest BCUT2D eigenvalue weighted by Crippen LogP contribution is 2.44. The van der Waals surface area contributed by atoms with Gasteiger partial charge in [0.2, 0.25) is 0 Å². The van der Waals surface area contributed by atoms with Crippen LogP contribution in [0.15, 0.2) is 47.2 Å². The molecule has 0 spiro atoms. The molecule has 1 unspecified atom stereocenters. The molecule has 0 aliphatic carbocycles. The zero-order chi connectivity index (χ0) is 20.8. The average Bonchev–Trinajstić information content (AvgIpc) is 3.53. The number of rotatable bonds is 5. The van der Waals surface area contributed by atoms with E-state index in [1.807, 2.05) is 22.9 Å². The fraction of sp³-hybridized carbons (Fsp3) is 0.136. The molecule has 8 heteroatoms. The van der Waals surface area contributed by atoms with Crippen LogP contribution in [0, 0.1) is 0 Å². The number of ether oxygens (including phenoxy) is 2. The Balaban J connectivity index is 1.58. The number of fused-ring (bicyclic) bond motifs is 2. The summed E-state index contributed by atoms with van der Waals surface area (Å²) in [5.41, 5.74) is 1.41. The van der Waals surface area contributed by atoms with Gasteiger partial charge < -0.3 is 14.6 Å². The maximum atomic E-state index is 12.0. The van der Waals surface area contributed by atoms with Gasteiger partial charge in [-0.15, -0.1) is 45.3 Å². The summed E-state index contributed by atoms with van der Waals surface area (Å²) in [7, 11) is 2.91. The zero-order valence-corrected chi connectivity index (χ0v) is 19.3. The van der Waals surface area contributed by atoms with Crippen molar-refractivity contribution in [2.24, 2.45) is 0 Å². The van der Waals surface area contributed by atoms with E-state index < -0.39 is 6.29 Å². The van der Waals surface area contributed by atoms with Crippen molar-refractivity contribution in [2.75, 3.05) is 14.2 Å². The average molecular weight is 473 g/mol. The molecule has 1 N–H and O–H groups in total. The Kier molecular flexibility index (Phi) is 5.22. The second kappa shape index (κ2) is 7.88. The molecule has 4 heterocycles. The standard InChI is InChI=1S/C22H16O4S4/c1-25-21(23)13-3-5-27-19(13)17-9-11-7-16-12(8-15(11)29-17)10-18(30-16)20-14(4-6-28-20)22(24)26-2/h3-10,21,23H,1-2H3. The second-order valence-electron chi connectivity index (χ2n) is 6.60. The van der Waals surface area contributed by atoms with E-state index in [1.54, 1.807) is 45.3 Å². The predicted molar refractivity (Wildman–Crippen MR) is 127 cm³/mol. The Labute approximate surface area is 188 Å². The minimum atomic E-state index is -0.919. The molecule has 0 fully saturated rings. The first-order chi connectivity index (χ1) is 14.6. The third-order valence-electron chi connectivity index (χ3n) is 4.86. The minimum Gasteiger partial charge on any atom is -0.465 e. The lowest BCUT2D eigenvalue weighted by Gasteiger charge is -2.08. The highest BCUT2D eigenvalue weighted by Gasteiger charge is 2.19. The van der Waals surface area contributed by atoms with Crippen molar-refractivity contribution in [3.63, 3.8) is 0 Å². The van der Waals surface area contributed by atoms with Crippen molar-refractivity contribution in [3.8, 4) is 19.5 Å². The van der Waals surface area contributed by atoms with Crippen molar-refractivity contribution < 1.29 is 19.4 Å². The van der Waals surface area contributed by atoms with Gasteiger partial charge in [0.25, 0.3) is 0 Å². The predicted octanol–water partition coefficient (Wildman–Crippen LogP) is 7.00. The highest BCUT2D eigenvalue weighted by molar-refractivity contribution is 7.27. The number of methoxy groups -OCH3 is 2. The molecule has 5 rings (SSSR count). The number of aliphatic hydroxyl groups excluding tert-OH is 1. The lowest BCUT2D eigenvalue weighted by atomic mass is 10.1. The Hall–Kier alpha value is -2.07. The lowest BCUT2D eigenvalue weighted by Crippen LogP contribution is -2.00. The summed E-state index contributed by atoms with van der Waals surface area (Å²) in [6.45, 7) is 0. The van der Waals surface area contributed by atoms with Gasteiger partial charge >= 0.3 is 5.97 Å². The number of aliphatic hydroxyl groups is 1. The van der Waals surface area contributed by atoms with Gasteiger partial charge in [0.1, 0.15) is 0 Å². The number of esters is 1. The Morgan fingerprint density at radius 3 is 2.13 bits per heavy atom. The van der Waals surface area contributed by atoms with Crippen LogP contribution in [-0.4, -0.2) is 25.3 Å². The van der Waals surface area contributed by atoms with E-state index in [9.17, 15) is 9.90 Å². The zero-order valence-electron chi connectivity index (χ0n) is 16.0. The molecule has 4 nitrogen and oxygen atoms in total. The van der Waals surface area contributed by atoms with E-state index >= 15 is 0 Å². The summed E-state index contributed by atoms with van der Waals surface area (Å²) >= 11 is 6.55. The van der Waals surface area contributed by atoms with Crippen LogP contribution in [0.25, 0.3) is 39.7 Å². The molecule has 0 bridgehead atoms. The maximum absolute atomic E-state index is 12.0. The Bertz CT molecular complexity index is 1320.